The number of nitrogens with one attached hydrogen (secondary N) is 1. The van der Waals surface area contributed by atoms with Gasteiger partial charge in [0.05, 0.1) is 19.2 Å². The van der Waals surface area contributed by atoms with Crippen molar-refractivity contribution in [2.24, 2.45) is 0 Å². The Bertz CT molecular complexity index is 571. The van der Waals surface area contributed by atoms with Gasteiger partial charge in [-0.1, -0.05) is 23.7 Å². The van der Waals surface area contributed by atoms with Crippen molar-refractivity contribution in [2.45, 2.75) is 32.9 Å². The van der Waals surface area contributed by atoms with Gasteiger partial charge in [0.2, 0.25) is 11.7 Å². The Kier molecular flexibility index (Phi) is 4.98. The number of hydrogen-bond donors (Lipinski definition) is 1. The van der Waals surface area contributed by atoms with Crippen molar-refractivity contribution in [3.63, 3.8) is 0 Å². The zero-order valence-corrected chi connectivity index (χ0v) is 12.6. The first-order chi connectivity index (χ1) is 9.63. The van der Waals surface area contributed by atoms with Gasteiger partial charge in [-0.25, -0.2) is 0 Å². The number of hydrogen-bond acceptors (Lipinski definition) is 5. The molecule has 0 spiro atoms. The fourth-order valence-corrected chi connectivity index (χ4v) is 1.85. The van der Waals surface area contributed by atoms with Crippen molar-refractivity contribution in [1.29, 1.82) is 0 Å². The second-order valence-electron chi connectivity index (χ2n) is 4.55. The second-order valence-corrected chi connectivity index (χ2v) is 4.98. The summed E-state index contributed by atoms with van der Waals surface area (Å²) in [4.78, 5) is 4.36. The monoisotopic (exact) mass is 295 g/mol. The van der Waals surface area contributed by atoms with Crippen LogP contribution in [0.5, 0.6) is 5.75 Å². The van der Waals surface area contributed by atoms with Gasteiger partial charge in [-0.15, -0.1) is 0 Å². The summed E-state index contributed by atoms with van der Waals surface area (Å²) in [6, 6.07) is 5.73. The van der Waals surface area contributed by atoms with Crippen LogP contribution in [-0.4, -0.2) is 23.3 Å². The lowest BCUT2D eigenvalue weighted by Gasteiger charge is -2.07. The molecule has 0 aliphatic carbocycles. The van der Waals surface area contributed by atoms with Crippen LogP contribution >= 0.6 is 11.6 Å². The highest BCUT2D eigenvalue weighted by molar-refractivity contribution is 6.30. The second kappa shape index (κ2) is 6.72. The van der Waals surface area contributed by atoms with Crippen molar-refractivity contribution in [3.8, 4) is 17.1 Å². The summed E-state index contributed by atoms with van der Waals surface area (Å²) in [5, 5.41) is 7.89. The molecule has 1 unspecified atom stereocenters. The maximum Gasteiger partial charge on any atom is 0.240 e. The minimum Gasteiger partial charge on any atom is -0.496 e. The van der Waals surface area contributed by atoms with Crippen LogP contribution in [0, 0.1) is 0 Å². The summed E-state index contributed by atoms with van der Waals surface area (Å²) in [5.41, 5.74) is 0.760. The number of ether oxygens (including phenoxy) is 1. The maximum absolute atomic E-state index is 5.93. The third-order valence-corrected chi connectivity index (χ3v) is 3.32. The van der Waals surface area contributed by atoms with Crippen LogP contribution < -0.4 is 10.1 Å². The Morgan fingerprint density at radius 3 is 2.95 bits per heavy atom. The number of rotatable bonds is 6. The molecular weight excluding hydrogens is 278 g/mol. The van der Waals surface area contributed by atoms with E-state index in [2.05, 4.69) is 29.3 Å². The number of aromatic nitrogens is 2. The molecule has 1 N–H and O–H groups in total. The minimum atomic E-state index is 0.412. The van der Waals surface area contributed by atoms with Crippen LogP contribution in [0.4, 0.5) is 0 Å². The minimum absolute atomic E-state index is 0.412. The molecule has 5 nitrogen and oxygen atoms in total. The normalized spacial score (nSPS) is 12.4. The molecule has 2 aromatic rings. The van der Waals surface area contributed by atoms with E-state index in [1.807, 2.05) is 6.07 Å². The molecule has 0 saturated carbocycles. The summed E-state index contributed by atoms with van der Waals surface area (Å²) in [5.74, 6) is 1.68. The van der Waals surface area contributed by atoms with Crippen molar-refractivity contribution < 1.29 is 9.26 Å². The molecule has 0 fully saturated rings. The molecule has 6 heteroatoms. The van der Waals surface area contributed by atoms with E-state index < -0.39 is 0 Å². The molecule has 2 rings (SSSR count). The van der Waals surface area contributed by atoms with Crippen LogP contribution in [0.15, 0.2) is 22.7 Å². The van der Waals surface area contributed by atoms with Gasteiger partial charge >= 0.3 is 0 Å². The van der Waals surface area contributed by atoms with Crippen LogP contribution in [0.1, 0.15) is 26.2 Å². The molecule has 1 aromatic heterocycles. The lowest BCUT2D eigenvalue weighted by molar-refractivity contribution is 0.358. The van der Waals surface area contributed by atoms with E-state index in [0.29, 0.717) is 35.1 Å². The van der Waals surface area contributed by atoms with Gasteiger partial charge in [0.25, 0.3) is 0 Å². The molecule has 0 bridgehead atoms. The first-order valence-corrected chi connectivity index (χ1v) is 6.91. The average Bonchev–Trinajstić information content (AvgIpc) is 2.93. The Morgan fingerprint density at radius 2 is 2.25 bits per heavy atom. The van der Waals surface area contributed by atoms with Gasteiger partial charge in [0.1, 0.15) is 5.75 Å². The van der Waals surface area contributed by atoms with E-state index in [9.17, 15) is 0 Å². The SMILES string of the molecule is CCC(C)NCc1nc(-c2ccc(Cl)cc2OC)no1. The molecular formula is C14H18ClN3O2. The quantitative estimate of drug-likeness (QED) is 0.886. The van der Waals surface area contributed by atoms with E-state index in [1.54, 1.807) is 19.2 Å². The Hall–Kier alpha value is -1.59. The lowest BCUT2D eigenvalue weighted by Crippen LogP contribution is -2.24. The fraction of sp³-hybridized carbons (Fsp3) is 0.429. The van der Waals surface area contributed by atoms with Gasteiger partial charge in [0.15, 0.2) is 0 Å². The number of benzene rings is 1. The van der Waals surface area contributed by atoms with Gasteiger partial charge in [-0.05, 0) is 31.5 Å². The van der Waals surface area contributed by atoms with Crippen molar-refractivity contribution >= 4 is 11.6 Å². The van der Waals surface area contributed by atoms with E-state index in [4.69, 9.17) is 20.9 Å². The summed E-state index contributed by atoms with van der Waals surface area (Å²) in [7, 11) is 1.58. The number of nitrogens with zero attached hydrogens (tertiary/aromatic N) is 2. The third kappa shape index (κ3) is 3.49. The van der Waals surface area contributed by atoms with Crippen LogP contribution in [0.3, 0.4) is 0 Å². The van der Waals surface area contributed by atoms with Crippen LogP contribution in [-0.2, 0) is 6.54 Å². The topological polar surface area (TPSA) is 60.2 Å². The largest absolute Gasteiger partial charge is 0.496 e. The molecule has 0 amide bonds. The molecule has 1 atom stereocenters. The molecule has 1 aromatic carbocycles. The molecule has 0 radical (unpaired) electrons. The zero-order chi connectivity index (χ0) is 14.5. The Balaban J connectivity index is 2.16. The van der Waals surface area contributed by atoms with Crippen LogP contribution in [0.25, 0.3) is 11.4 Å². The highest BCUT2D eigenvalue weighted by atomic mass is 35.5. The maximum atomic E-state index is 5.93. The first-order valence-electron chi connectivity index (χ1n) is 6.54. The Labute approximate surface area is 123 Å². The first kappa shape index (κ1) is 14.8. The summed E-state index contributed by atoms with van der Waals surface area (Å²) in [6.45, 7) is 4.78. The van der Waals surface area contributed by atoms with Gasteiger partial charge in [-0.3, -0.25) is 0 Å². The summed E-state index contributed by atoms with van der Waals surface area (Å²) >= 11 is 5.93. The highest BCUT2D eigenvalue weighted by Gasteiger charge is 2.14. The smallest absolute Gasteiger partial charge is 0.240 e. The molecule has 108 valence electrons. The molecule has 0 saturated heterocycles. The molecule has 0 aliphatic rings. The van der Waals surface area contributed by atoms with Crippen molar-refractivity contribution in [1.82, 2.24) is 15.5 Å². The van der Waals surface area contributed by atoms with Crippen LogP contribution in [0.2, 0.25) is 5.02 Å². The average molecular weight is 296 g/mol. The van der Waals surface area contributed by atoms with E-state index >= 15 is 0 Å². The number of methoxy groups -OCH3 is 1. The summed E-state index contributed by atoms with van der Waals surface area (Å²) in [6.07, 6.45) is 1.05. The highest BCUT2D eigenvalue weighted by Crippen LogP contribution is 2.30. The third-order valence-electron chi connectivity index (χ3n) is 3.09. The Morgan fingerprint density at radius 1 is 1.45 bits per heavy atom. The van der Waals surface area contributed by atoms with Crippen molar-refractivity contribution in [3.05, 3.63) is 29.1 Å². The van der Waals surface area contributed by atoms with Gasteiger partial charge < -0.3 is 14.6 Å². The fourth-order valence-electron chi connectivity index (χ4n) is 1.69. The van der Waals surface area contributed by atoms with Crippen molar-refractivity contribution in [2.75, 3.05) is 7.11 Å². The molecule has 20 heavy (non-hydrogen) atoms. The summed E-state index contributed by atoms with van der Waals surface area (Å²) < 4.78 is 10.5. The predicted octanol–water partition coefficient (Wildman–Crippen LogP) is 3.29. The van der Waals surface area contributed by atoms with E-state index in [-0.39, 0.29) is 0 Å². The van der Waals surface area contributed by atoms with Gasteiger partial charge in [0, 0.05) is 11.1 Å². The lowest BCUT2D eigenvalue weighted by atomic mass is 10.2. The standard InChI is InChI=1S/C14H18ClN3O2/c1-4-9(2)16-8-13-17-14(18-20-13)11-6-5-10(15)7-12(11)19-3/h5-7,9,16H,4,8H2,1-3H3. The zero-order valence-electron chi connectivity index (χ0n) is 11.8. The number of halogens is 1. The predicted molar refractivity (Wildman–Crippen MR) is 77.9 cm³/mol. The van der Waals surface area contributed by atoms with E-state index in [1.165, 1.54) is 0 Å². The van der Waals surface area contributed by atoms with E-state index in [0.717, 1.165) is 12.0 Å². The molecule has 1 heterocycles. The van der Waals surface area contributed by atoms with Gasteiger partial charge in [-0.2, -0.15) is 4.98 Å². The molecule has 0 aliphatic heterocycles.